The van der Waals surface area contributed by atoms with Gasteiger partial charge in [-0.3, -0.25) is 18.3 Å². The fraction of sp³-hybridized carbons (Fsp3) is 1.00. The predicted molar refractivity (Wildman–Crippen MR) is 76.4 cm³/mol. The molecule has 0 aromatic heterocycles. The van der Waals surface area contributed by atoms with Crippen LogP contribution in [0.4, 0.5) is 0 Å². The molecule has 0 radical (unpaired) electrons. The quantitative estimate of drug-likeness (QED) is 0.473. The Hall–Kier alpha value is 0.680. The van der Waals surface area contributed by atoms with Gasteiger partial charge in [-0.15, -0.1) is 0 Å². The molecule has 0 aliphatic carbocycles. The van der Waals surface area contributed by atoms with Crippen molar-refractivity contribution in [2.45, 2.75) is 0 Å². The van der Waals surface area contributed by atoms with Crippen LogP contribution in [0.5, 0.6) is 0 Å². The van der Waals surface area contributed by atoms with Gasteiger partial charge in [0.1, 0.15) is 0 Å². The van der Waals surface area contributed by atoms with Gasteiger partial charge in [-0.1, -0.05) is 0 Å². The average Bonchev–Trinajstić information content (AvgIpc) is 2.02. The molecule has 0 amide bonds. The Morgan fingerprint density at radius 2 is 0.750 bits per heavy atom. The van der Waals surface area contributed by atoms with Crippen LogP contribution in [0.25, 0.3) is 0 Å². The Bertz CT molecular complexity index is 433. The van der Waals surface area contributed by atoms with E-state index < -0.39 is 43.2 Å². The van der Waals surface area contributed by atoms with Crippen LogP contribution in [0.1, 0.15) is 0 Å². The molecule has 0 aromatic rings. The van der Waals surface area contributed by atoms with E-state index in [0.29, 0.717) is 8.88 Å². The molecule has 20 heavy (non-hydrogen) atoms. The third-order valence-corrected chi connectivity index (χ3v) is 10.4. The molecule has 0 aliphatic heterocycles. The van der Waals surface area contributed by atoms with Gasteiger partial charge < -0.3 is 19.6 Å². The Labute approximate surface area is 117 Å². The Kier molecular flexibility index (Phi) is 6.65. The molecule has 10 nitrogen and oxygen atoms in total. The Morgan fingerprint density at radius 1 is 0.600 bits per heavy atom. The van der Waals surface area contributed by atoms with E-state index in [1.807, 2.05) is 0 Å². The first-order chi connectivity index (χ1) is 8.47. The number of rotatable bonds is 7. The monoisotopic (exact) mass is 372 g/mol. The molecular weight excluding hydrogens is 352 g/mol. The number of nitrogens with zero attached hydrogens (tertiary/aromatic N) is 2. The zero-order valence-corrected chi connectivity index (χ0v) is 15.1. The van der Waals surface area contributed by atoms with E-state index in [-0.39, 0.29) is 0 Å². The van der Waals surface area contributed by atoms with Crippen molar-refractivity contribution < 1.29 is 37.8 Å². The summed E-state index contributed by atoms with van der Waals surface area (Å²) in [7, 11) is -16.4. The van der Waals surface area contributed by atoms with Gasteiger partial charge in [0, 0.05) is 39.7 Å². The number of hydrogen-bond donors (Lipinski definition) is 4. The van der Waals surface area contributed by atoms with E-state index in [1.54, 1.807) is 0 Å². The highest BCUT2D eigenvalue weighted by Gasteiger charge is 2.39. The van der Waals surface area contributed by atoms with E-state index in [1.165, 1.54) is 0 Å². The van der Waals surface area contributed by atoms with Gasteiger partial charge >= 0.3 is 0 Å². The van der Waals surface area contributed by atoms with Crippen LogP contribution in [-0.4, -0.2) is 68.2 Å². The van der Waals surface area contributed by atoms with Gasteiger partial charge in [0.2, 0.25) is 0 Å². The van der Waals surface area contributed by atoms with Crippen LogP contribution >= 0.6 is 30.1 Å². The molecule has 0 bridgehead atoms. The first kappa shape index (κ1) is 20.7. The molecule has 0 aromatic carbocycles. The van der Waals surface area contributed by atoms with Gasteiger partial charge in [-0.05, 0) is 0 Å². The topological polar surface area (TPSA) is 156 Å². The van der Waals surface area contributed by atoms with Crippen LogP contribution in [0, 0.1) is 0 Å². The van der Waals surface area contributed by atoms with Crippen molar-refractivity contribution in [1.29, 1.82) is 0 Å². The summed E-state index contributed by atoms with van der Waals surface area (Å²) in [4.78, 5) is 37.6. The fourth-order valence-electron chi connectivity index (χ4n) is 1.54. The third kappa shape index (κ3) is 6.63. The predicted octanol–water partition coefficient (Wildman–Crippen LogP) is 0.851. The molecule has 122 valence electrons. The molecular formula is C6H20N2O8P4. The minimum atomic E-state index is -4.11. The van der Waals surface area contributed by atoms with Crippen LogP contribution in [-0.2, 0) is 18.3 Å². The lowest BCUT2D eigenvalue weighted by molar-refractivity contribution is 0.349. The van der Waals surface area contributed by atoms with E-state index in [2.05, 4.69) is 0 Å². The summed E-state index contributed by atoms with van der Waals surface area (Å²) in [5, 5.41) is 0. The highest BCUT2D eigenvalue weighted by molar-refractivity contribution is 7.70. The van der Waals surface area contributed by atoms with Gasteiger partial charge in [-0.25, -0.2) is 0 Å². The zero-order valence-electron chi connectivity index (χ0n) is 11.5. The summed E-state index contributed by atoms with van der Waals surface area (Å²) in [6, 6.07) is 0. The highest BCUT2D eigenvalue weighted by atomic mass is 31.2. The summed E-state index contributed by atoms with van der Waals surface area (Å²) in [5.74, 6) is 0. The average molecular weight is 372 g/mol. The molecule has 0 saturated heterocycles. The molecule has 0 heterocycles. The molecule has 14 heteroatoms. The Balaban J connectivity index is 5.31. The van der Waals surface area contributed by atoms with Gasteiger partial charge in [-0.2, -0.15) is 8.88 Å². The van der Waals surface area contributed by atoms with Crippen molar-refractivity contribution >= 4 is 30.1 Å². The SMILES string of the molecule is CP(=O)(O)N(CCN(P(C)(=O)O)P(C)(=O)O)P(C)(=O)O. The fourth-order valence-corrected chi connectivity index (χ4v) is 8.31. The normalized spacial score (nSPS) is 24.7. The summed E-state index contributed by atoms with van der Waals surface area (Å²) in [5.41, 5.74) is 0. The van der Waals surface area contributed by atoms with E-state index in [4.69, 9.17) is 0 Å². The Morgan fingerprint density at radius 3 is 0.850 bits per heavy atom. The maximum atomic E-state index is 11.5. The summed E-state index contributed by atoms with van der Waals surface area (Å²) in [6.07, 6.45) is 0. The minimum absolute atomic E-state index is 0.373. The molecule has 0 saturated carbocycles. The van der Waals surface area contributed by atoms with Crippen molar-refractivity contribution in [3.63, 3.8) is 0 Å². The van der Waals surface area contributed by atoms with Crippen LogP contribution < -0.4 is 0 Å². The molecule has 4 atom stereocenters. The lowest BCUT2D eigenvalue weighted by Crippen LogP contribution is -2.28. The van der Waals surface area contributed by atoms with Crippen molar-refractivity contribution in [2.75, 3.05) is 39.7 Å². The van der Waals surface area contributed by atoms with Crippen LogP contribution in [0.3, 0.4) is 0 Å². The second kappa shape index (κ2) is 6.43. The van der Waals surface area contributed by atoms with Crippen molar-refractivity contribution in [3.8, 4) is 0 Å². The molecule has 0 aliphatic rings. The van der Waals surface area contributed by atoms with Crippen molar-refractivity contribution in [1.82, 2.24) is 8.88 Å². The first-order valence-corrected chi connectivity index (χ1v) is 13.5. The van der Waals surface area contributed by atoms with Gasteiger partial charge in [0.25, 0.3) is 30.1 Å². The standard InChI is InChI=1S/C6H20N2O8P4/c1-17(9,10)7(18(2,11)12)5-6-8(19(3,13)14)20(4,15)16/h5-6H2,1-4H3,(H,9,10)(H,11,12)(H,13,14)(H,15,16). The minimum Gasteiger partial charge on any atom is -0.333 e. The lowest BCUT2D eigenvalue weighted by Gasteiger charge is -2.31. The van der Waals surface area contributed by atoms with Crippen molar-refractivity contribution in [2.24, 2.45) is 0 Å². The lowest BCUT2D eigenvalue weighted by atomic mass is 10.7. The molecule has 0 rings (SSSR count). The molecule has 0 spiro atoms. The highest BCUT2D eigenvalue weighted by Crippen LogP contribution is 2.61. The summed E-state index contributed by atoms with van der Waals surface area (Å²) in [6.45, 7) is 2.14. The second-order valence-electron chi connectivity index (χ2n) is 4.53. The molecule has 4 unspecified atom stereocenters. The smallest absolute Gasteiger partial charge is 0.274 e. The molecule has 4 N–H and O–H groups in total. The van der Waals surface area contributed by atoms with Crippen LogP contribution in [0.15, 0.2) is 0 Å². The van der Waals surface area contributed by atoms with Gasteiger partial charge in [0.15, 0.2) is 0 Å². The van der Waals surface area contributed by atoms with E-state index in [0.717, 1.165) is 26.7 Å². The first-order valence-electron chi connectivity index (χ1n) is 5.25. The summed E-state index contributed by atoms with van der Waals surface area (Å²) >= 11 is 0. The van der Waals surface area contributed by atoms with Gasteiger partial charge in [0.05, 0.1) is 0 Å². The van der Waals surface area contributed by atoms with E-state index >= 15 is 0 Å². The maximum Gasteiger partial charge on any atom is 0.274 e. The third-order valence-electron chi connectivity index (χ3n) is 2.21. The summed E-state index contributed by atoms with van der Waals surface area (Å²) < 4.78 is 46.9. The largest absolute Gasteiger partial charge is 0.333 e. The number of hydrogen-bond acceptors (Lipinski definition) is 4. The van der Waals surface area contributed by atoms with Crippen LogP contribution in [0.2, 0.25) is 0 Å². The maximum absolute atomic E-state index is 11.5. The second-order valence-corrected chi connectivity index (χ2v) is 13.8. The zero-order chi connectivity index (χ0) is 16.6. The van der Waals surface area contributed by atoms with E-state index in [9.17, 15) is 37.8 Å². The molecule has 0 fully saturated rings. The van der Waals surface area contributed by atoms with Crippen molar-refractivity contribution in [3.05, 3.63) is 0 Å².